The van der Waals surface area contributed by atoms with Crippen molar-refractivity contribution < 1.29 is 5.11 Å². The molecule has 3 atom stereocenters. The van der Waals surface area contributed by atoms with Gasteiger partial charge in [0.2, 0.25) is 0 Å². The fourth-order valence-corrected chi connectivity index (χ4v) is 3.20. The van der Waals surface area contributed by atoms with E-state index in [0.29, 0.717) is 5.92 Å². The topological polar surface area (TPSA) is 46.2 Å². The maximum absolute atomic E-state index is 10.2. The molecule has 0 aliphatic heterocycles. The van der Waals surface area contributed by atoms with Crippen molar-refractivity contribution in [2.45, 2.75) is 31.8 Å². The Morgan fingerprint density at radius 2 is 2.20 bits per heavy atom. The van der Waals surface area contributed by atoms with Crippen LogP contribution in [0.4, 0.5) is 0 Å². The van der Waals surface area contributed by atoms with E-state index >= 15 is 0 Å². The summed E-state index contributed by atoms with van der Waals surface area (Å²) in [5.41, 5.74) is 9.10. The van der Waals surface area contributed by atoms with Crippen LogP contribution in [-0.2, 0) is 0 Å². The lowest BCUT2D eigenvalue weighted by Crippen LogP contribution is -2.37. The number of aliphatic hydroxyl groups is 1. The standard InChI is InChI=1S/C13H17NO/c14-12-6-5-10-9-4-2-1-3-8(9)7-11(12)13(10)15/h5-7,9-10,13,15H,1-4,14H2. The fraction of sp³-hybridized carbons (Fsp3) is 0.538. The van der Waals surface area contributed by atoms with Gasteiger partial charge in [0.1, 0.15) is 0 Å². The third-order valence-electron chi connectivity index (χ3n) is 4.03. The summed E-state index contributed by atoms with van der Waals surface area (Å²) in [4.78, 5) is 0. The molecular weight excluding hydrogens is 186 g/mol. The second-order valence-electron chi connectivity index (χ2n) is 4.86. The first-order valence-corrected chi connectivity index (χ1v) is 5.84. The molecule has 0 saturated heterocycles. The van der Waals surface area contributed by atoms with E-state index in [0.717, 1.165) is 11.3 Å². The van der Waals surface area contributed by atoms with Crippen LogP contribution in [0.5, 0.6) is 0 Å². The van der Waals surface area contributed by atoms with Gasteiger partial charge in [0.15, 0.2) is 0 Å². The second-order valence-corrected chi connectivity index (χ2v) is 4.86. The van der Waals surface area contributed by atoms with Gasteiger partial charge in [-0.3, -0.25) is 0 Å². The molecule has 3 rings (SSSR count). The molecule has 0 heterocycles. The van der Waals surface area contributed by atoms with E-state index in [4.69, 9.17) is 5.73 Å². The zero-order valence-corrected chi connectivity index (χ0v) is 8.82. The smallest absolute Gasteiger partial charge is 0.0878 e. The molecule has 3 aliphatic carbocycles. The number of nitrogens with two attached hydrogens (primary N) is 1. The van der Waals surface area contributed by atoms with Crippen molar-refractivity contribution >= 4 is 0 Å². The third kappa shape index (κ3) is 1.28. The van der Waals surface area contributed by atoms with E-state index < -0.39 is 0 Å². The number of allylic oxidation sites excluding steroid dienone is 2. The van der Waals surface area contributed by atoms with Crippen LogP contribution in [0.3, 0.4) is 0 Å². The minimum atomic E-state index is -0.359. The molecule has 2 bridgehead atoms. The zero-order valence-electron chi connectivity index (χ0n) is 8.82. The summed E-state index contributed by atoms with van der Waals surface area (Å²) in [6.07, 6.45) is 10.9. The number of hydrogen-bond acceptors (Lipinski definition) is 2. The van der Waals surface area contributed by atoms with Crippen LogP contribution in [0, 0.1) is 11.8 Å². The summed E-state index contributed by atoms with van der Waals surface area (Å²) in [6.45, 7) is 0. The average molecular weight is 203 g/mol. The Morgan fingerprint density at radius 3 is 3.07 bits per heavy atom. The molecule has 0 aromatic heterocycles. The first-order valence-electron chi connectivity index (χ1n) is 5.84. The van der Waals surface area contributed by atoms with Gasteiger partial charge in [0, 0.05) is 17.2 Å². The van der Waals surface area contributed by atoms with Gasteiger partial charge < -0.3 is 10.8 Å². The van der Waals surface area contributed by atoms with Crippen LogP contribution in [0.2, 0.25) is 0 Å². The minimum Gasteiger partial charge on any atom is -0.398 e. The van der Waals surface area contributed by atoms with Crippen molar-refractivity contribution in [3.05, 3.63) is 35.1 Å². The first-order chi connectivity index (χ1) is 7.27. The maximum atomic E-state index is 10.2. The van der Waals surface area contributed by atoms with Gasteiger partial charge in [-0.2, -0.15) is 0 Å². The van der Waals surface area contributed by atoms with Gasteiger partial charge in [0.05, 0.1) is 6.10 Å². The Hall–Kier alpha value is -1.02. The Morgan fingerprint density at radius 1 is 1.33 bits per heavy atom. The van der Waals surface area contributed by atoms with Crippen molar-refractivity contribution in [1.82, 2.24) is 0 Å². The van der Waals surface area contributed by atoms with Crippen molar-refractivity contribution in [3.8, 4) is 0 Å². The average Bonchev–Trinajstić information content (AvgIpc) is 2.24. The molecule has 1 fully saturated rings. The highest BCUT2D eigenvalue weighted by Crippen LogP contribution is 2.44. The van der Waals surface area contributed by atoms with E-state index in [1.807, 2.05) is 6.08 Å². The van der Waals surface area contributed by atoms with Crippen molar-refractivity contribution in [1.29, 1.82) is 0 Å². The third-order valence-corrected chi connectivity index (χ3v) is 4.03. The van der Waals surface area contributed by atoms with E-state index in [-0.39, 0.29) is 12.0 Å². The van der Waals surface area contributed by atoms with Gasteiger partial charge in [0.25, 0.3) is 0 Å². The Balaban J connectivity index is 2.08. The summed E-state index contributed by atoms with van der Waals surface area (Å²) in [5.74, 6) is 0.856. The quantitative estimate of drug-likeness (QED) is 0.631. The molecule has 3 aliphatic rings. The molecular formula is C13H17NO. The first kappa shape index (κ1) is 9.22. The molecule has 0 aromatic carbocycles. The highest BCUT2D eigenvalue weighted by atomic mass is 16.3. The van der Waals surface area contributed by atoms with E-state index in [1.165, 1.54) is 31.3 Å². The molecule has 3 unspecified atom stereocenters. The number of rotatable bonds is 0. The molecule has 80 valence electrons. The van der Waals surface area contributed by atoms with Crippen LogP contribution in [-0.4, -0.2) is 11.2 Å². The van der Waals surface area contributed by atoms with E-state index in [1.54, 1.807) is 0 Å². The highest BCUT2D eigenvalue weighted by molar-refractivity contribution is 5.45. The summed E-state index contributed by atoms with van der Waals surface area (Å²) >= 11 is 0. The predicted octanol–water partition coefficient (Wildman–Crippen LogP) is 1.88. The number of fused-ring (bicyclic) bond motifs is 4. The predicted molar refractivity (Wildman–Crippen MR) is 59.9 cm³/mol. The number of hydrogen-bond donors (Lipinski definition) is 2. The molecule has 1 saturated carbocycles. The second kappa shape index (κ2) is 3.24. The lowest BCUT2D eigenvalue weighted by atomic mass is 9.67. The Bertz CT molecular complexity index is 378. The van der Waals surface area contributed by atoms with Crippen LogP contribution in [0.25, 0.3) is 0 Å². The van der Waals surface area contributed by atoms with Crippen LogP contribution in [0.1, 0.15) is 25.7 Å². The molecule has 0 spiro atoms. The van der Waals surface area contributed by atoms with E-state index in [9.17, 15) is 5.11 Å². The zero-order chi connectivity index (χ0) is 10.4. The SMILES string of the molecule is NC1=C2C=C3CCCCC3C(C=C1)C2O. The normalized spacial score (nSPS) is 38.7. The molecule has 0 aromatic rings. The Labute approximate surface area is 90.2 Å². The van der Waals surface area contributed by atoms with Crippen molar-refractivity contribution in [3.63, 3.8) is 0 Å². The molecule has 3 N–H and O–H groups in total. The van der Waals surface area contributed by atoms with Gasteiger partial charge in [-0.15, -0.1) is 0 Å². The van der Waals surface area contributed by atoms with Gasteiger partial charge in [-0.05, 0) is 31.3 Å². The molecule has 2 nitrogen and oxygen atoms in total. The fourth-order valence-electron chi connectivity index (χ4n) is 3.20. The maximum Gasteiger partial charge on any atom is 0.0878 e. The molecule has 0 radical (unpaired) electrons. The lowest BCUT2D eigenvalue weighted by molar-refractivity contribution is 0.123. The highest BCUT2D eigenvalue weighted by Gasteiger charge is 2.38. The summed E-state index contributed by atoms with van der Waals surface area (Å²) < 4.78 is 0. The van der Waals surface area contributed by atoms with Crippen molar-refractivity contribution in [2.24, 2.45) is 17.6 Å². The van der Waals surface area contributed by atoms with E-state index in [2.05, 4.69) is 12.2 Å². The van der Waals surface area contributed by atoms with Crippen LogP contribution < -0.4 is 5.73 Å². The Kier molecular flexibility index (Phi) is 1.99. The monoisotopic (exact) mass is 203 g/mol. The minimum absolute atomic E-state index is 0.285. The van der Waals surface area contributed by atoms with Crippen molar-refractivity contribution in [2.75, 3.05) is 0 Å². The number of aliphatic hydroxyl groups excluding tert-OH is 1. The molecule has 0 amide bonds. The van der Waals surface area contributed by atoms with Gasteiger partial charge >= 0.3 is 0 Å². The van der Waals surface area contributed by atoms with Gasteiger partial charge in [-0.25, -0.2) is 0 Å². The largest absolute Gasteiger partial charge is 0.398 e. The summed E-state index contributed by atoms with van der Waals surface area (Å²) in [6, 6.07) is 0. The summed E-state index contributed by atoms with van der Waals surface area (Å²) in [5, 5.41) is 10.2. The molecule has 2 heteroatoms. The van der Waals surface area contributed by atoms with Crippen LogP contribution >= 0.6 is 0 Å². The lowest BCUT2D eigenvalue weighted by Gasteiger charge is -2.40. The van der Waals surface area contributed by atoms with Gasteiger partial charge in [-0.1, -0.05) is 24.1 Å². The molecule has 15 heavy (non-hydrogen) atoms. The van der Waals surface area contributed by atoms with Crippen LogP contribution in [0.15, 0.2) is 35.1 Å². The summed E-state index contributed by atoms with van der Waals surface area (Å²) in [7, 11) is 0.